The Bertz CT molecular complexity index is 1070. The number of hydrogen-bond donors (Lipinski definition) is 8. The first-order chi connectivity index (χ1) is 18.0. The van der Waals surface area contributed by atoms with Crippen LogP contribution in [0.1, 0.15) is 44.5 Å². The molecule has 2 rings (SSSR count). The number of aliphatic carboxylic acids is 2. The molecule has 0 saturated carbocycles. The number of aromatic amines is 2. The van der Waals surface area contributed by atoms with Gasteiger partial charge in [-0.05, 0) is 18.8 Å². The zero-order valence-electron chi connectivity index (χ0n) is 21.1. The molecule has 15 nitrogen and oxygen atoms in total. The highest BCUT2D eigenvalue weighted by molar-refractivity contribution is 5.94. The quantitative estimate of drug-likeness (QED) is 0.126. The third-order valence-electron chi connectivity index (χ3n) is 5.55. The van der Waals surface area contributed by atoms with Gasteiger partial charge in [-0.1, -0.05) is 13.8 Å². The predicted octanol–water partition coefficient (Wildman–Crippen LogP) is -1.30. The topological polar surface area (TPSA) is 245 Å². The Morgan fingerprint density at radius 3 is 1.71 bits per heavy atom. The number of carbonyl (C=O) groups excluding carboxylic acids is 3. The maximum Gasteiger partial charge on any atom is 0.326 e. The van der Waals surface area contributed by atoms with Crippen LogP contribution in [0.15, 0.2) is 25.0 Å². The number of nitrogens with one attached hydrogen (secondary N) is 5. The summed E-state index contributed by atoms with van der Waals surface area (Å²) >= 11 is 0. The molecule has 0 aliphatic carbocycles. The van der Waals surface area contributed by atoms with Crippen LogP contribution < -0.4 is 21.7 Å². The minimum atomic E-state index is -1.49. The smallest absolute Gasteiger partial charge is 0.326 e. The lowest BCUT2D eigenvalue weighted by atomic mass is 10.0. The second-order valence-corrected chi connectivity index (χ2v) is 9.25. The summed E-state index contributed by atoms with van der Waals surface area (Å²) in [6.07, 6.45) is 5.18. The van der Waals surface area contributed by atoms with E-state index in [0.717, 1.165) is 0 Å². The number of carbonyl (C=O) groups is 5. The van der Waals surface area contributed by atoms with E-state index < -0.39 is 60.2 Å². The fourth-order valence-electron chi connectivity index (χ4n) is 3.61. The maximum absolute atomic E-state index is 13.3. The van der Waals surface area contributed by atoms with E-state index in [4.69, 9.17) is 10.8 Å². The van der Waals surface area contributed by atoms with Crippen molar-refractivity contribution < 1.29 is 34.2 Å². The Hall–Kier alpha value is -4.27. The van der Waals surface area contributed by atoms with Gasteiger partial charge in [-0.25, -0.2) is 14.8 Å². The van der Waals surface area contributed by atoms with Crippen LogP contribution in [0, 0.1) is 5.92 Å². The molecule has 9 N–H and O–H groups in total. The predicted molar refractivity (Wildman–Crippen MR) is 132 cm³/mol. The molecule has 2 aromatic rings. The summed E-state index contributed by atoms with van der Waals surface area (Å²) in [5, 5.41) is 25.8. The highest BCUT2D eigenvalue weighted by Gasteiger charge is 2.31. The second kappa shape index (κ2) is 14.5. The van der Waals surface area contributed by atoms with E-state index in [-0.39, 0.29) is 25.2 Å². The number of hydrogen-bond acceptors (Lipinski definition) is 8. The molecule has 0 aliphatic rings. The molecular formula is C23H34N8O7. The van der Waals surface area contributed by atoms with Crippen molar-refractivity contribution in [2.75, 3.05) is 0 Å². The Morgan fingerprint density at radius 2 is 1.32 bits per heavy atom. The summed E-state index contributed by atoms with van der Waals surface area (Å²) in [6, 6.07) is -4.77. The van der Waals surface area contributed by atoms with Crippen molar-refractivity contribution in [1.82, 2.24) is 35.9 Å². The number of aromatic nitrogens is 4. The van der Waals surface area contributed by atoms with Crippen molar-refractivity contribution in [2.24, 2.45) is 11.7 Å². The largest absolute Gasteiger partial charge is 0.481 e. The molecule has 4 atom stereocenters. The van der Waals surface area contributed by atoms with Crippen molar-refractivity contribution in [2.45, 2.75) is 70.1 Å². The number of carboxylic acid groups (broad SMARTS) is 2. The highest BCUT2D eigenvalue weighted by Crippen LogP contribution is 2.07. The SMILES string of the molecule is CC(C)CC(N)C(=O)NC(Cc1cnc[nH]1)C(=O)NC(Cc1cnc[nH]1)C(=O)NC(CCC(=O)O)C(=O)O. The normalized spacial score (nSPS) is 14.2. The number of nitrogens with zero attached hydrogens (tertiary/aromatic N) is 2. The Kier molecular flexibility index (Phi) is 11.4. The first-order valence-electron chi connectivity index (χ1n) is 12.0. The lowest BCUT2D eigenvalue weighted by Gasteiger charge is -2.25. The van der Waals surface area contributed by atoms with Gasteiger partial charge in [-0.15, -0.1) is 0 Å². The molecule has 0 spiro atoms. The molecule has 3 amide bonds. The minimum Gasteiger partial charge on any atom is -0.481 e. The van der Waals surface area contributed by atoms with Crippen LogP contribution in [0.2, 0.25) is 0 Å². The zero-order chi connectivity index (χ0) is 28.2. The van der Waals surface area contributed by atoms with E-state index in [0.29, 0.717) is 17.8 Å². The molecule has 2 aromatic heterocycles. The van der Waals surface area contributed by atoms with Crippen molar-refractivity contribution in [1.29, 1.82) is 0 Å². The maximum atomic E-state index is 13.3. The van der Waals surface area contributed by atoms with E-state index in [1.807, 2.05) is 13.8 Å². The third kappa shape index (κ3) is 10.0. The molecule has 0 aromatic carbocycles. The van der Waals surface area contributed by atoms with Crippen molar-refractivity contribution >= 4 is 29.7 Å². The van der Waals surface area contributed by atoms with Crippen LogP contribution in [-0.2, 0) is 36.8 Å². The summed E-state index contributed by atoms with van der Waals surface area (Å²) in [7, 11) is 0. The van der Waals surface area contributed by atoms with Crippen LogP contribution in [-0.4, -0.2) is 84.0 Å². The number of imidazole rings is 2. The van der Waals surface area contributed by atoms with Crippen LogP contribution in [0.25, 0.3) is 0 Å². The van der Waals surface area contributed by atoms with Gasteiger partial charge in [0, 0.05) is 43.0 Å². The van der Waals surface area contributed by atoms with Gasteiger partial charge in [0.05, 0.1) is 18.7 Å². The lowest BCUT2D eigenvalue weighted by Crippen LogP contribution is -2.58. The van der Waals surface area contributed by atoms with Crippen LogP contribution in [0.4, 0.5) is 0 Å². The van der Waals surface area contributed by atoms with Gasteiger partial charge in [0.1, 0.15) is 18.1 Å². The fraction of sp³-hybridized carbons (Fsp3) is 0.522. The standard InChI is InChI=1S/C23H34N8O7/c1-12(2)5-15(24)20(34)30-17(6-13-8-25-10-27-13)22(36)31-18(7-14-9-26-11-28-14)21(35)29-16(23(37)38)3-4-19(32)33/h8-12,15-18H,3-7,24H2,1-2H3,(H,25,27)(H,26,28)(H,29,35)(H,30,34)(H,31,36)(H,32,33)(H,37,38). The summed E-state index contributed by atoms with van der Waals surface area (Å²) in [6.45, 7) is 3.81. The van der Waals surface area contributed by atoms with Crippen molar-refractivity contribution in [3.05, 3.63) is 36.4 Å². The molecule has 0 saturated heterocycles. The summed E-state index contributed by atoms with van der Waals surface area (Å²) < 4.78 is 0. The lowest BCUT2D eigenvalue weighted by molar-refractivity contribution is -0.143. The van der Waals surface area contributed by atoms with Gasteiger partial charge in [-0.3, -0.25) is 19.2 Å². The van der Waals surface area contributed by atoms with Crippen LogP contribution in [0.3, 0.4) is 0 Å². The van der Waals surface area contributed by atoms with Gasteiger partial charge in [0.15, 0.2) is 0 Å². The first kappa shape index (κ1) is 30.0. The average Bonchev–Trinajstić information content (AvgIpc) is 3.54. The van der Waals surface area contributed by atoms with Crippen LogP contribution >= 0.6 is 0 Å². The molecule has 4 unspecified atom stereocenters. The zero-order valence-corrected chi connectivity index (χ0v) is 21.1. The second-order valence-electron chi connectivity index (χ2n) is 9.25. The number of nitrogens with two attached hydrogens (primary N) is 1. The molecule has 0 fully saturated rings. The highest BCUT2D eigenvalue weighted by atomic mass is 16.4. The fourth-order valence-corrected chi connectivity index (χ4v) is 3.61. The van der Waals surface area contributed by atoms with Crippen molar-refractivity contribution in [3.63, 3.8) is 0 Å². The van der Waals surface area contributed by atoms with Crippen LogP contribution in [0.5, 0.6) is 0 Å². The number of carboxylic acids is 2. The van der Waals surface area contributed by atoms with E-state index in [9.17, 15) is 29.1 Å². The molecule has 2 heterocycles. The Morgan fingerprint density at radius 1 is 0.842 bits per heavy atom. The van der Waals surface area contributed by atoms with Gasteiger partial charge < -0.3 is 41.9 Å². The molecule has 0 bridgehead atoms. The average molecular weight is 535 g/mol. The number of rotatable bonds is 16. The van der Waals surface area contributed by atoms with Gasteiger partial charge in [0.2, 0.25) is 17.7 Å². The first-order valence-corrected chi connectivity index (χ1v) is 12.0. The van der Waals surface area contributed by atoms with Gasteiger partial charge in [0.25, 0.3) is 0 Å². The van der Waals surface area contributed by atoms with E-state index >= 15 is 0 Å². The summed E-state index contributed by atoms with van der Waals surface area (Å²) in [4.78, 5) is 75.0. The molecule has 208 valence electrons. The minimum absolute atomic E-state index is 0.0146. The number of H-pyrrole nitrogens is 2. The summed E-state index contributed by atoms with van der Waals surface area (Å²) in [5.74, 6) is -4.62. The van der Waals surface area contributed by atoms with Gasteiger partial charge in [-0.2, -0.15) is 0 Å². The van der Waals surface area contributed by atoms with Gasteiger partial charge >= 0.3 is 11.9 Å². The number of amides is 3. The molecule has 15 heteroatoms. The summed E-state index contributed by atoms with van der Waals surface area (Å²) in [5.41, 5.74) is 6.98. The molecular weight excluding hydrogens is 500 g/mol. The molecule has 0 aliphatic heterocycles. The van der Waals surface area contributed by atoms with E-state index in [1.54, 1.807) is 0 Å². The third-order valence-corrected chi connectivity index (χ3v) is 5.55. The van der Waals surface area contributed by atoms with E-state index in [2.05, 4.69) is 35.9 Å². The Balaban J connectivity index is 2.23. The molecule has 0 radical (unpaired) electrons. The Labute approximate surface area is 218 Å². The van der Waals surface area contributed by atoms with E-state index in [1.165, 1.54) is 25.0 Å². The van der Waals surface area contributed by atoms with Crippen molar-refractivity contribution in [3.8, 4) is 0 Å². The monoisotopic (exact) mass is 534 g/mol. The molecule has 38 heavy (non-hydrogen) atoms.